The minimum absolute atomic E-state index is 0.174. The van der Waals surface area contributed by atoms with Crippen molar-refractivity contribution in [2.75, 3.05) is 13.1 Å². The van der Waals surface area contributed by atoms with Crippen LogP contribution in [0.1, 0.15) is 33.1 Å². The highest BCUT2D eigenvalue weighted by Gasteiger charge is 2.46. The highest BCUT2D eigenvalue weighted by atomic mass is 16.5. The van der Waals surface area contributed by atoms with Crippen molar-refractivity contribution < 1.29 is 9.53 Å². The Kier molecular flexibility index (Phi) is 2.87. The number of rotatable bonds is 1. The lowest BCUT2D eigenvalue weighted by molar-refractivity contribution is -0.145. The van der Waals surface area contributed by atoms with Gasteiger partial charge in [-0.25, -0.2) is 0 Å². The van der Waals surface area contributed by atoms with E-state index < -0.39 is 0 Å². The second kappa shape index (κ2) is 4.25. The summed E-state index contributed by atoms with van der Waals surface area (Å²) in [6, 6.07) is 0.802. The Hall–Kier alpha value is -0.610. The van der Waals surface area contributed by atoms with Gasteiger partial charge in [-0.1, -0.05) is 0 Å². The third-order valence-corrected chi connectivity index (χ3v) is 4.54. The number of amides is 1. The molecule has 0 radical (unpaired) electrons. The van der Waals surface area contributed by atoms with Crippen molar-refractivity contribution in [2.45, 2.75) is 57.4 Å². The first-order valence-corrected chi connectivity index (χ1v) is 6.85. The number of carbonyl (C=O) groups is 1. The molecule has 0 aromatic heterocycles. The quantitative estimate of drug-likeness (QED) is 0.733. The smallest absolute Gasteiger partial charge is 0.252 e. The molecule has 3 heterocycles. The van der Waals surface area contributed by atoms with Crippen molar-refractivity contribution in [1.29, 1.82) is 0 Å². The molecule has 3 fully saturated rings. The minimum Gasteiger partial charge on any atom is -0.365 e. The zero-order valence-corrected chi connectivity index (χ0v) is 10.7. The van der Waals surface area contributed by atoms with Crippen LogP contribution in [0, 0.1) is 5.92 Å². The molecule has 0 aromatic carbocycles. The highest BCUT2D eigenvalue weighted by molar-refractivity contribution is 5.82. The van der Waals surface area contributed by atoms with Gasteiger partial charge in [-0.2, -0.15) is 0 Å². The number of fused-ring (bicyclic) bond motifs is 1. The molecule has 96 valence electrons. The molecule has 3 aliphatic rings. The first-order valence-electron chi connectivity index (χ1n) is 6.85. The van der Waals surface area contributed by atoms with Gasteiger partial charge >= 0.3 is 0 Å². The van der Waals surface area contributed by atoms with Crippen molar-refractivity contribution in [1.82, 2.24) is 10.2 Å². The van der Waals surface area contributed by atoms with Crippen LogP contribution in [0.3, 0.4) is 0 Å². The van der Waals surface area contributed by atoms with Crippen LogP contribution in [0.25, 0.3) is 0 Å². The molecule has 0 aromatic rings. The fourth-order valence-electron chi connectivity index (χ4n) is 3.69. The maximum absolute atomic E-state index is 12.5. The second-order valence-corrected chi connectivity index (χ2v) is 5.83. The van der Waals surface area contributed by atoms with Crippen molar-refractivity contribution in [3.05, 3.63) is 0 Å². The van der Waals surface area contributed by atoms with E-state index in [4.69, 9.17) is 4.74 Å². The SMILES string of the molecule is CC1CCC(C(=O)N2C(C)CC3CNCC32)O1. The molecule has 1 N–H and O–H groups in total. The molecule has 0 bridgehead atoms. The van der Waals surface area contributed by atoms with Gasteiger partial charge in [-0.05, 0) is 39.0 Å². The minimum atomic E-state index is -0.174. The molecule has 0 saturated carbocycles. The third kappa shape index (κ3) is 1.87. The number of nitrogens with zero attached hydrogens (tertiary/aromatic N) is 1. The van der Waals surface area contributed by atoms with E-state index >= 15 is 0 Å². The van der Waals surface area contributed by atoms with E-state index in [0.717, 1.165) is 32.4 Å². The Morgan fingerprint density at radius 1 is 1.29 bits per heavy atom. The van der Waals surface area contributed by atoms with Crippen LogP contribution in [0.2, 0.25) is 0 Å². The van der Waals surface area contributed by atoms with Gasteiger partial charge in [0.2, 0.25) is 0 Å². The first kappa shape index (κ1) is 11.5. The Morgan fingerprint density at radius 2 is 2.12 bits per heavy atom. The number of nitrogens with one attached hydrogen (secondary N) is 1. The summed E-state index contributed by atoms with van der Waals surface area (Å²) < 4.78 is 5.72. The van der Waals surface area contributed by atoms with E-state index in [1.54, 1.807) is 0 Å². The molecule has 5 unspecified atom stereocenters. The maximum Gasteiger partial charge on any atom is 0.252 e. The van der Waals surface area contributed by atoms with Crippen LogP contribution in [0.5, 0.6) is 0 Å². The number of likely N-dealkylation sites (tertiary alicyclic amines) is 1. The van der Waals surface area contributed by atoms with Crippen LogP contribution in [0.15, 0.2) is 0 Å². The fourth-order valence-corrected chi connectivity index (χ4v) is 3.69. The van der Waals surface area contributed by atoms with Gasteiger partial charge in [0.05, 0.1) is 6.10 Å². The average Bonchev–Trinajstić information content (AvgIpc) is 2.92. The summed E-state index contributed by atoms with van der Waals surface area (Å²) in [5, 5.41) is 3.39. The molecule has 17 heavy (non-hydrogen) atoms. The van der Waals surface area contributed by atoms with Gasteiger partial charge in [0, 0.05) is 25.2 Å². The van der Waals surface area contributed by atoms with E-state index in [-0.39, 0.29) is 18.1 Å². The summed E-state index contributed by atoms with van der Waals surface area (Å²) in [5.74, 6) is 0.894. The lowest BCUT2D eigenvalue weighted by Crippen LogP contribution is -2.47. The number of hydrogen-bond donors (Lipinski definition) is 1. The standard InChI is InChI=1S/C13H22N2O2/c1-8-5-10-6-14-7-11(10)15(8)13(16)12-4-3-9(2)17-12/h8-12,14H,3-7H2,1-2H3. The Balaban J connectivity index is 1.72. The van der Waals surface area contributed by atoms with E-state index in [1.807, 2.05) is 0 Å². The average molecular weight is 238 g/mol. The molecule has 0 spiro atoms. The molecule has 0 aliphatic carbocycles. The van der Waals surface area contributed by atoms with Crippen LogP contribution < -0.4 is 5.32 Å². The normalized spacial score (nSPS) is 45.3. The molecule has 1 amide bonds. The van der Waals surface area contributed by atoms with E-state index in [2.05, 4.69) is 24.1 Å². The second-order valence-electron chi connectivity index (χ2n) is 5.83. The molecule has 4 heteroatoms. The Bertz CT molecular complexity index is 321. The molecule has 3 saturated heterocycles. The summed E-state index contributed by atoms with van der Waals surface area (Å²) in [4.78, 5) is 14.6. The number of ether oxygens (including phenoxy) is 1. The van der Waals surface area contributed by atoms with E-state index in [0.29, 0.717) is 18.0 Å². The molecular weight excluding hydrogens is 216 g/mol. The summed E-state index contributed by atoms with van der Waals surface area (Å²) in [5.41, 5.74) is 0. The van der Waals surface area contributed by atoms with Gasteiger partial charge in [-0.3, -0.25) is 4.79 Å². The summed E-state index contributed by atoms with van der Waals surface area (Å²) in [6.07, 6.45) is 3.14. The fraction of sp³-hybridized carbons (Fsp3) is 0.923. The zero-order valence-electron chi connectivity index (χ0n) is 10.7. The maximum atomic E-state index is 12.5. The molecule has 3 rings (SSSR count). The van der Waals surface area contributed by atoms with Crippen LogP contribution in [-0.4, -0.2) is 48.2 Å². The zero-order chi connectivity index (χ0) is 12.0. The summed E-state index contributed by atoms with van der Waals surface area (Å²) >= 11 is 0. The lowest BCUT2D eigenvalue weighted by Gasteiger charge is -2.30. The van der Waals surface area contributed by atoms with E-state index in [9.17, 15) is 4.79 Å². The predicted molar refractivity (Wildman–Crippen MR) is 64.6 cm³/mol. The predicted octanol–water partition coefficient (Wildman–Crippen LogP) is 0.763. The number of carbonyl (C=O) groups excluding carboxylic acids is 1. The van der Waals surface area contributed by atoms with Crippen molar-refractivity contribution in [2.24, 2.45) is 5.92 Å². The monoisotopic (exact) mass is 238 g/mol. The van der Waals surface area contributed by atoms with E-state index in [1.165, 1.54) is 0 Å². The Labute approximate surface area is 103 Å². The lowest BCUT2D eigenvalue weighted by atomic mass is 10.0. The van der Waals surface area contributed by atoms with Crippen LogP contribution in [0.4, 0.5) is 0 Å². The molecular formula is C13H22N2O2. The highest BCUT2D eigenvalue weighted by Crippen LogP contribution is 2.34. The molecule has 3 aliphatic heterocycles. The first-order chi connectivity index (χ1) is 8.16. The van der Waals surface area contributed by atoms with Gasteiger partial charge in [0.25, 0.3) is 5.91 Å². The van der Waals surface area contributed by atoms with Crippen molar-refractivity contribution in [3.63, 3.8) is 0 Å². The molecule has 5 atom stereocenters. The largest absolute Gasteiger partial charge is 0.365 e. The van der Waals surface area contributed by atoms with Gasteiger partial charge in [-0.15, -0.1) is 0 Å². The molecule has 4 nitrogen and oxygen atoms in total. The van der Waals surface area contributed by atoms with Gasteiger partial charge < -0.3 is 15.0 Å². The Morgan fingerprint density at radius 3 is 2.82 bits per heavy atom. The topological polar surface area (TPSA) is 41.6 Å². The van der Waals surface area contributed by atoms with Crippen LogP contribution >= 0.6 is 0 Å². The number of hydrogen-bond acceptors (Lipinski definition) is 3. The van der Waals surface area contributed by atoms with Gasteiger partial charge in [0.15, 0.2) is 0 Å². The van der Waals surface area contributed by atoms with Crippen molar-refractivity contribution in [3.8, 4) is 0 Å². The van der Waals surface area contributed by atoms with Gasteiger partial charge in [0.1, 0.15) is 6.10 Å². The summed E-state index contributed by atoms with van der Waals surface area (Å²) in [7, 11) is 0. The van der Waals surface area contributed by atoms with Crippen molar-refractivity contribution >= 4 is 5.91 Å². The summed E-state index contributed by atoms with van der Waals surface area (Å²) in [6.45, 7) is 6.26. The van der Waals surface area contributed by atoms with Crippen LogP contribution in [-0.2, 0) is 9.53 Å². The third-order valence-electron chi connectivity index (χ3n) is 4.54.